The van der Waals surface area contributed by atoms with Crippen LogP contribution in [-0.4, -0.2) is 11.5 Å². The molecule has 0 aromatic heterocycles. The van der Waals surface area contributed by atoms with Crippen LogP contribution in [-0.2, 0) is 0 Å². The average Bonchev–Trinajstić information content (AvgIpc) is 2.13. The molecule has 0 heterocycles. The summed E-state index contributed by atoms with van der Waals surface area (Å²) in [6.07, 6.45) is 0. The van der Waals surface area contributed by atoms with E-state index in [1.165, 1.54) is 0 Å². The number of ether oxygens (including phenoxy) is 1. The van der Waals surface area contributed by atoms with E-state index in [1.807, 2.05) is 13.8 Å². The summed E-state index contributed by atoms with van der Waals surface area (Å²) in [5.41, 5.74) is 0.694. The monoisotopic (exact) mass is 209 g/mol. The summed E-state index contributed by atoms with van der Waals surface area (Å²) in [4.78, 5) is 10.4. The standard InChI is InChI=1S/C11H15NO3/c1-8(2)7-15-10-6-4-5-9(3)11(10)12(13)14/h4-6,8H,7H2,1-3H3. The van der Waals surface area contributed by atoms with Gasteiger partial charge in [0.05, 0.1) is 11.5 Å². The lowest BCUT2D eigenvalue weighted by Crippen LogP contribution is -2.06. The first-order valence-electron chi connectivity index (χ1n) is 4.89. The van der Waals surface area contributed by atoms with Crippen molar-refractivity contribution in [2.45, 2.75) is 20.8 Å². The minimum atomic E-state index is -0.398. The van der Waals surface area contributed by atoms with Crippen LogP contribution in [0.4, 0.5) is 5.69 Å². The van der Waals surface area contributed by atoms with Crippen LogP contribution >= 0.6 is 0 Å². The second-order valence-electron chi connectivity index (χ2n) is 3.88. The average molecular weight is 209 g/mol. The predicted octanol–water partition coefficient (Wildman–Crippen LogP) is 2.94. The molecule has 0 unspecified atom stereocenters. The molecule has 0 saturated carbocycles. The number of nitrogens with zero attached hydrogens (tertiary/aromatic N) is 1. The van der Waals surface area contributed by atoms with Crippen molar-refractivity contribution < 1.29 is 9.66 Å². The lowest BCUT2D eigenvalue weighted by Gasteiger charge is -2.09. The zero-order valence-corrected chi connectivity index (χ0v) is 9.19. The molecule has 1 aromatic carbocycles. The van der Waals surface area contributed by atoms with Gasteiger partial charge < -0.3 is 4.74 Å². The van der Waals surface area contributed by atoms with E-state index in [4.69, 9.17) is 4.74 Å². The Kier molecular flexibility index (Phi) is 3.66. The van der Waals surface area contributed by atoms with Crippen LogP contribution in [0.5, 0.6) is 5.75 Å². The van der Waals surface area contributed by atoms with Crippen molar-refractivity contribution in [3.63, 3.8) is 0 Å². The molecule has 0 N–H and O–H groups in total. The van der Waals surface area contributed by atoms with E-state index in [1.54, 1.807) is 25.1 Å². The molecule has 1 rings (SSSR count). The molecule has 4 heteroatoms. The fourth-order valence-corrected chi connectivity index (χ4v) is 1.24. The highest BCUT2D eigenvalue weighted by Gasteiger charge is 2.17. The molecule has 82 valence electrons. The summed E-state index contributed by atoms with van der Waals surface area (Å²) < 4.78 is 5.40. The fraction of sp³-hybridized carbons (Fsp3) is 0.455. The van der Waals surface area contributed by atoms with Crippen LogP contribution in [0.25, 0.3) is 0 Å². The Hall–Kier alpha value is -1.58. The van der Waals surface area contributed by atoms with Crippen molar-refractivity contribution >= 4 is 5.69 Å². The van der Waals surface area contributed by atoms with Crippen LogP contribution < -0.4 is 4.74 Å². The molecule has 4 nitrogen and oxygen atoms in total. The quantitative estimate of drug-likeness (QED) is 0.566. The zero-order chi connectivity index (χ0) is 11.4. The van der Waals surface area contributed by atoms with E-state index in [2.05, 4.69) is 0 Å². The van der Waals surface area contributed by atoms with Crippen molar-refractivity contribution in [3.05, 3.63) is 33.9 Å². The van der Waals surface area contributed by atoms with E-state index >= 15 is 0 Å². The van der Waals surface area contributed by atoms with Gasteiger partial charge in [-0.3, -0.25) is 10.1 Å². The van der Waals surface area contributed by atoms with Crippen molar-refractivity contribution in [2.75, 3.05) is 6.61 Å². The Labute approximate surface area is 89.0 Å². The zero-order valence-electron chi connectivity index (χ0n) is 9.19. The number of rotatable bonds is 4. The van der Waals surface area contributed by atoms with Crippen LogP contribution in [0.1, 0.15) is 19.4 Å². The smallest absolute Gasteiger partial charge is 0.313 e. The maximum Gasteiger partial charge on any atom is 0.313 e. The Morgan fingerprint density at radius 1 is 1.47 bits per heavy atom. The summed E-state index contributed by atoms with van der Waals surface area (Å²) in [6.45, 7) is 6.20. The number of hydrogen-bond acceptors (Lipinski definition) is 3. The SMILES string of the molecule is Cc1cccc(OCC(C)C)c1[N+](=O)[O-]. The van der Waals surface area contributed by atoms with E-state index in [0.717, 1.165) is 0 Å². The van der Waals surface area contributed by atoms with Crippen molar-refractivity contribution in [3.8, 4) is 5.75 Å². The molecule has 0 fully saturated rings. The van der Waals surface area contributed by atoms with Crippen molar-refractivity contribution in [1.29, 1.82) is 0 Å². The molecule has 15 heavy (non-hydrogen) atoms. The molecule has 0 radical (unpaired) electrons. The molecule has 0 spiro atoms. The fourth-order valence-electron chi connectivity index (χ4n) is 1.24. The minimum Gasteiger partial charge on any atom is -0.487 e. The summed E-state index contributed by atoms with van der Waals surface area (Å²) in [5.74, 6) is 0.707. The number of benzene rings is 1. The summed E-state index contributed by atoms with van der Waals surface area (Å²) in [5, 5.41) is 10.8. The van der Waals surface area contributed by atoms with Gasteiger partial charge in [0.1, 0.15) is 0 Å². The van der Waals surface area contributed by atoms with Gasteiger partial charge in [-0.15, -0.1) is 0 Å². The number of nitro benzene ring substituents is 1. The summed E-state index contributed by atoms with van der Waals surface area (Å²) in [6, 6.07) is 5.10. The van der Waals surface area contributed by atoms with Gasteiger partial charge in [0.25, 0.3) is 0 Å². The number of nitro groups is 1. The highest BCUT2D eigenvalue weighted by molar-refractivity contribution is 5.51. The molecular weight excluding hydrogens is 194 g/mol. The van der Waals surface area contributed by atoms with Crippen LogP contribution in [0, 0.1) is 23.0 Å². The second kappa shape index (κ2) is 4.77. The summed E-state index contributed by atoms with van der Waals surface area (Å²) in [7, 11) is 0. The van der Waals surface area contributed by atoms with Crippen LogP contribution in [0.15, 0.2) is 18.2 Å². The Balaban J connectivity index is 2.96. The molecular formula is C11H15NO3. The van der Waals surface area contributed by atoms with Gasteiger partial charge in [-0.05, 0) is 18.9 Å². The van der Waals surface area contributed by atoms with Gasteiger partial charge >= 0.3 is 5.69 Å². The highest BCUT2D eigenvalue weighted by Crippen LogP contribution is 2.30. The van der Waals surface area contributed by atoms with Gasteiger partial charge in [0.2, 0.25) is 0 Å². The second-order valence-corrected chi connectivity index (χ2v) is 3.88. The number of hydrogen-bond donors (Lipinski definition) is 0. The van der Waals surface area contributed by atoms with Gasteiger partial charge in [0.15, 0.2) is 5.75 Å². The Bertz CT molecular complexity index is 361. The number of aryl methyl sites for hydroxylation is 1. The van der Waals surface area contributed by atoms with E-state index < -0.39 is 4.92 Å². The van der Waals surface area contributed by atoms with E-state index in [0.29, 0.717) is 23.8 Å². The molecule has 0 aliphatic carbocycles. The maximum absolute atomic E-state index is 10.8. The highest BCUT2D eigenvalue weighted by atomic mass is 16.6. The molecule has 0 amide bonds. The topological polar surface area (TPSA) is 52.4 Å². The molecule has 0 aliphatic rings. The third-order valence-electron chi connectivity index (χ3n) is 1.96. The Morgan fingerprint density at radius 3 is 2.67 bits per heavy atom. The first-order valence-corrected chi connectivity index (χ1v) is 4.89. The van der Waals surface area contributed by atoms with Gasteiger partial charge in [-0.1, -0.05) is 26.0 Å². The lowest BCUT2D eigenvalue weighted by atomic mass is 10.2. The molecule has 0 aliphatic heterocycles. The molecule has 0 saturated heterocycles. The first kappa shape index (κ1) is 11.5. The normalized spacial score (nSPS) is 10.4. The largest absolute Gasteiger partial charge is 0.487 e. The Morgan fingerprint density at radius 2 is 2.13 bits per heavy atom. The van der Waals surface area contributed by atoms with Crippen LogP contribution in [0.2, 0.25) is 0 Å². The maximum atomic E-state index is 10.8. The van der Waals surface area contributed by atoms with E-state index in [9.17, 15) is 10.1 Å². The van der Waals surface area contributed by atoms with Gasteiger partial charge in [-0.2, -0.15) is 0 Å². The molecule has 0 atom stereocenters. The minimum absolute atomic E-state index is 0.0677. The number of para-hydroxylation sites is 1. The van der Waals surface area contributed by atoms with Crippen molar-refractivity contribution in [2.24, 2.45) is 5.92 Å². The lowest BCUT2D eigenvalue weighted by molar-refractivity contribution is -0.386. The summed E-state index contributed by atoms with van der Waals surface area (Å²) >= 11 is 0. The molecule has 1 aromatic rings. The first-order chi connectivity index (χ1) is 7.02. The van der Waals surface area contributed by atoms with Crippen molar-refractivity contribution in [1.82, 2.24) is 0 Å². The van der Waals surface area contributed by atoms with E-state index in [-0.39, 0.29) is 5.69 Å². The predicted molar refractivity (Wildman–Crippen MR) is 58.2 cm³/mol. The molecule has 0 bridgehead atoms. The van der Waals surface area contributed by atoms with Gasteiger partial charge in [0, 0.05) is 5.56 Å². The third kappa shape index (κ3) is 2.94. The van der Waals surface area contributed by atoms with Crippen LogP contribution in [0.3, 0.4) is 0 Å². The van der Waals surface area contributed by atoms with Gasteiger partial charge in [-0.25, -0.2) is 0 Å². The third-order valence-corrected chi connectivity index (χ3v) is 1.96.